The van der Waals surface area contributed by atoms with E-state index in [2.05, 4.69) is 5.32 Å². The molecule has 1 aliphatic rings. The Bertz CT molecular complexity index is 1450. The van der Waals surface area contributed by atoms with E-state index >= 15 is 0 Å². The minimum atomic E-state index is -1.47. The first-order chi connectivity index (χ1) is 19.1. The van der Waals surface area contributed by atoms with Crippen molar-refractivity contribution < 1.29 is 33.6 Å². The summed E-state index contributed by atoms with van der Waals surface area (Å²) >= 11 is 0. The topological polar surface area (TPSA) is 150 Å². The molecule has 0 spiro atoms. The van der Waals surface area contributed by atoms with Crippen LogP contribution in [0.5, 0.6) is 0 Å². The molecule has 0 saturated carbocycles. The van der Waals surface area contributed by atoms with E-state index in [0.29, 0.717) is 5.56 Å². The molecule has 2 unspecified atom stereocenters. The third-order valence-corrected chi connectivity index (χ3v) is 6.44. The zero-order valence-electron chi connectivity index (χ0n) is 21.1. The van der Waals surface area contributed by atoms with Gasteiger partial charge in [-0.15, -0.1) is 0 Å². The Hall–Kier alpha value is -5.13. The summed E-state index contributed by atoms with van der Waals surface area (Å²) in [5.74, 6) is -3.95. The molecule has 11 nitrogen and oxygen atoms in total. The third-order valence-electron chi connectivity index (χ3n) is 6.44. The molecular formula is C28H25FN4O7. The van der Waals surface area contributed by atoms with Crippen LogP contribution in [0.25, 0.3) is 0 Å². The lowest BCUT2D eigenvalue weighted by atomic mass is 10.0. The van der Waals surface area contributed by atoms with Crippen molar-refractivity contribution in [2.75, 3.05) is 13.1 Å². The summed E-state index contributed by atoms with van der Waals surface area (Å²) in [6.45, 7) is -0.0282. The number of carbonyl (C=O) groups excluding carboxylic acids is 3. The number of carboxylic acids is 1. The van der Waals surface area contributed by atoms with Gasteiger partial charge in [0.15, 0.2) is 6.17 Å². The second-order valence-electron chi connectivity index (χ2n) is 9.14. The molecule has 12 heteroatoms. The van der Waals surface area contributed by atoms with E-state index in [4.69, 9.17) is 0 Å². The highest BCUT2D eigenvalue weighted by atomic mass is 19.1. The summed E-state index contributed by atoms with van der Waals surface area (Å²) in [6, 6.07) is 17.6. The molecule has 4 rings (SSSR count). The lowest BCUT2D eigenvalue weighted by Gasteiger charge is -2.31. The Morgan fingerprint density at radius 3 is 2.35 bits per heavy atom. The van der Waals surface area contributed by atoms with Crippen LogP contribution in [0.15, 0.2) is 78.9 Å². The van der Waals surface area contributed by atoms with Crippen LogP contribution in [-0.4, -0.2) is 62.8 Å². The van der Waals surface area contributed by atoms with Crippen molar-refractivity contribution in [3.05, 3.63) is 111 Å². The van der Waals surface area contributed by atoms with Gasteiger partial charge in [-0.05, 0) is 29.3 Å². The van der Waals surface area contributed by atoms with Crippen molar-refractivity contribution in [2.24, 2.45) is 0 Å². The molecule has 0 aliphatic carbocycles. The number of hydrogen-bond acceptors (Lipinski definition) is 6. The van der Waals surface area contributed by atoms with Crippen molar-refractivity contribution in [1.82, 2.24) is 15.1 Å². The number of nitrogens with one attached hydrogen (secondary N) is 1. The SMILES string of the molecule is O=C(O)CC(NC(=O)C1N(C(=O)Cc2ccccc2)CCN1C(=O)c1cccc(F)c1)c1cccc([N+](=O)[O-])c1. The first-order valence-corrected chi connectivity index (χ1v) is 12.3. The van der Waals surface area contributed by atoms with Gasteiger partial charge in [0, 0.05) is 30.8 Å². The molecule has 0 radical (unpaired) electrons. The molecule has 0 bridgehead atoms. The van der Waals surface area contributed by atoms with E-state index in [1.54, 1.807) is 30.3 Å². The van der Waals surface area contributed by atoms with Crippen LogP contribution < -0.4 is 5.32 Å². The summed E-state index contributed by atoms with van der Waals surface area (Å²) in [7, 11) is 0. The molecular weight excluding hydrogens is 523 g/mol. The number of amides is 3. The molecule has 3 aromatic rings. The van der Waals surface area contributed by atoms with Crippen LogP contribution >= 0.6 is 0 Å². The molecule has 3 amide bonds. The van der Waals surface area contributed by atoms with Crippen molar-refractivity contribution in [3.8, 4) is 0 Å². The highest BCUT2D eigenvalue weighted by molar-refractivity contribution is 5.99. The quantitative estimate of drug-likeness (QED) is 0.308. The van der Waals surface area contributed by atoms with E-state index in [1.807, 2.05) is 0 Å². The number of non-ortho nitro benzene ring substituents is 1. The highest BCUT2D eigenvalue weighted by Gasteiger charge is 2.43. The third kappa shape index (κ3) is 6.46. The Labute approximate surface area is 228 Å². The minimum absolute atomic E-state index is 0.00517. The molecule has 40 heavy (non-hydrogen) atoms. The summed E-state index contributed by atoms with van der Waals surface area (Å²) in [4.78, 5) is 65.0. The van der Waals surface area contributed by atoms with E-state index in [9.17, 15) is 38.8 Å². The van der Waals surface area contributed by atoms with Crippen LogP contribution in [0.1, 0.15) is 33.9 Å². The number of nitro benzene ring substituents is 1. The van der Waals surface area contributed by atoms with Crippen molar-refractivity contribution in [1.29, 1.82) is 0 Å². The average molecular weight is 549 g/mol. The van der Waals surface area contributed by atoms with Gasteiger partial charge in [0.1, 0.15) is 5.82 Å². The minimum Gasteiger partial charge on any atom is -0.481 e. The number of nitrogens with zero attached hydrogens (tertiary/aromatic N) is 3. The van der Waals surface area contributed by atoms with Gasteiger partial charge in [0.05, 0.1) is 23.8 Å². The number of benzene rings is 3. The second kappa shape index (κ2) is 12.2. The fourth-order valence-electron chi connectivity index (χ4n) is 4.57. The van der Waals surface area contributed by atoms with Gasteiger partial charge in [-0.3, -0.25) is 29.3 Å². The lowest BCUT2D eigenvalue weighted by Crippen LogP contribution is -2.54. The Morgan fingerprint density at radius 1 is 0.975 bits per heavy atom. The molecule has 2 N–H and O–H groups in total. The molecule has 1 aliphatic heterocycles. The fourth-order valence-corrected chi connectivity index (χ4v) is 4.57. The van der Waals surface area contributed by atoms with E-state index in [-0.39, 0.29) is 36.3 Å². The first kappa shape index (κ1) is 27.9. The van der Waals surface area contributed by atoms with Gasteiger partial charge >= 0.3 is 5.97 Å². The van der Waals surface area contributed by atoms with Crippen LogP contribution in [0, 0.1) is 15.9 Å². The molecule has 3 aromatic carbocycles. The highest BCUT2D eigenvalue weighted by Crippen LogP contribution is 2.25. The number of hydrogen-bond donors (Lipinski definition) is 2. The zero-order chi connectivity index (χ0) is 28.8. The predicted molar refractivity (Wildman–Crippen MR) is 139 cm³/mol. The Kier molecular flexibility index (Phi) is 8.48. The first-order valence-electron chi connectivity index (χ1n) is 12.3. The summed E-state index contributed by atoms with van der Waals surface area (Å²) in [5, 5.41) is 23.3. The van der Waals surface area contributed by atoms with Crippen molar-refractivity contribution in [2.45, 2.75) is 25.0 Å². The summed E-state index contributed by atoms with van der Waals surface area (Å²) in [5.41, 5.74) is 0.511. The van der Waals surface area contributed by atoms with Crippen molar-refractivity contribution in [3.63, 3.8) is 0 Å². The maximum atomic E-state index is 13.9. The maximum Gasteiger partial charge on any atom is 0.305 e. The fraction of sp³-hybridized carbons (Fsp3) is 0.214. The largest absolute Gasteiger partial charge is 0.481 e. The number of rotatable bonds is 9. The van der Waals surface area contributed by atoms with Gasteiger partial charge in [0.2, 0.25) is 5.91 Å². The zero-order valence-corrected chi connectivity index (χ0v) is 21.1. The van der Waals surface area contributed by atoms with E-state index in [1.165, 1.54) is 35.2 Å². The smallest absolute Gasteiger partial charge is 0.305 e. The van der Waals surface area contributed by atoms with Crippen molar-refractivity contribution >= 4 is 29.4 Å². The number of aliphatic carboxylic acids is 1. The Morgan fingerprint density at radius 2 is 1.68 bits per heavy atom. The van der Waals surface area contributed by atoms with Gasteiger partial charge in [-0.25, -0.2) is 4.39 Å². The molecule has 206 valence electrons. The molecule has 1 heterocycles. The van der Waals surface area contributed by atoms with E-state index in [0.717, 1.165) is 23.1 Å². The number of carbonyl (C=O) groups is 4. The van der Waals surface area contributed by atoms with E-state index < -0.39 is 53.1 Å². The molecule has 1 saturated heterocycles. The van der Waals surface area contributed by atoms with Crippen LogP contribution in [-0.2, 0) is 20.8 Å². The molecule has 1 fully saturated rings. The van der Waals surface area contributed by atoms with Gasteiger partial charge in [-0.2, -0.15) is 0 Å². The predicted octanol–water partition coefficient (Wildman–Crippen LogP) is 2.92. The normalized spacial score (nSPS) is 15.4. The monoisotopic (exact) mass is 548 g/mol. The standard InChI is InChI=1S/C28H25FN4O7/c29-21-10-4-9-20(15-21)28(38)32-13-12-31(24(34)14-18-6-2-1-3-7-18)27(32)26(37)30-23(17-25(35)36)19-8-5-11-22(16-19)33(39)40/h1-11,15-16,23,27H,12-14,17H2,(H,30,37)(H,35,36). The number of nitro groups is 1. The summed E-state index contributed by atoms with van der Waals surface area (Å²) < 4.78 is 13.9. The second-order valence-corrected chi connectivity index (χ2v) is 9.14. The average Bonchev–Trinajstić information content (AvgIpc) is 3.38. The molecule has 0 aromatic heterocycles. The molecule has 2 atom stereocenters. The number of carboxylic acid groups (broad SMARTS) is 1. The van der Waals surface area contributed by atoms with Gasteiger partial charge in [-0.1, -0.05) is 48.5 Å². The van der Waals surface area contributed by atoms with Crippen LogP contribution in [0.2, 0.25) is 0 Å². The number of halogens is 1. The Balaban J connectivity index is 1.66. The summed E-state index contributed by atoms with van der Waals surface area (Å²) in [6.07, 6.45) is -2.15. The van der Waals surface area contributed by atoms with Gasteiger partial charge < -0.3 is 20.2 Å². The maximum absolute atomic E-state index is 13.9. The lowest BCUT2D eigenvalue weighted by molar-refractivity contribution is -0.384. The van der Waals surface area contributed by atoms with Gasteiger partial charge in [0.25, 0.3) is 17.5 Å². The van der Waals surface area contributed by atoms with Crippen LogP contribution in [0.3, 0.4) is 0 Å². The van der Waals surface area contributed by atoms with Crippen LogP contribution in [0.4, 0.5) is 10.1 Å².